The summed E-state index contributed by atoms with van der Waals surface area (Å²) in [5.41, 5.74) is 8.23. The van der Waals surface area contributed by atoms with Crippen LogP contribution in [0.25, 0.3) is 33.4 Å². The van der Waals surface area contributed by atoms with Crippen LogP contribution in [0.15, 0.2) is 158 Å². The van der Waals surface area contributed by atoms with Gasteiger partial charge in [0.15, 0.2) is 23.2 Å². The Morgan fingerprint density at radius 3 is 1.06 bits per heavy atom. The Hall–Kier alpha value is -9.77. The van der Waals surface area contributed by atoms with Crippen molar-refractivity contribution >= 4 is 41.6 Å². The Kier molecular flexibility index (Phi) is 20.3. The van der Waals surface area contributed by atoms with E-state index < -0.39 is 81.9 Å². The van der Waals surface area contributed by atoms with Crippen molar-refractivity contribution in [1.82, 2.24) is 0 Å². The van der Waals surface area contributed by atoms with Crippen LogP contribution in [0.4, 0.5) is 17.6 Å². The van der Waals surface area contributed by atoms with E-state index in [9.17, 15) is 51.1 Å². The third-order valence-electron chi connectivity index (χ3n) is 11.4. The molecule has 6 aromatic carbocycles. The Balaban J connectivity index is 0.000000221. The van der Waals surface area contributed by atoms with Crippen LogP contribution >= 0.6 is 0 Å². The number of hydrogen-bond acceptors (Lipinski definition) is 13. The van der Waals surface area contributed by atoms with Crippen LogP contribution in [0, 0.1) is 37.1 Å². The lowest BCUT2D eigenvalue weighted by Gasteiger charge is -2.21. The van der Waals surface area contributed by atoms with Crippen molar-refractivity contribution < 1.29 is 79.5 Å². The number of aryl methyl sites for hydroxylation is 4. The zero-order valence-corrected chi connectivity index (χ0v) is 45.0. The van der Waals surface area contributed by atoms with Gasteiger partial charge in [0.1, 0.15) is 23.0 Å². The standard InChI is InChI=1S/C22H20O4.C21H20O5.C20H14F4O4/c1-13(2)21(23)25-17-7-9-19-15(11-17)5-6-16-12-18(8-10-20(16)19)26-22(24)14(3)4;1-12(2)20(23)25-16-6-8-18(13(3)10-16)19-9-7-17(11-14(19)4)26-21(24)15(5)22;1-9(2)19(25)27-15-6-5-12(16(23)17(15)24)11-7-13(21)18(14(22)8-11)28-20(26)10(3)4/h7-12H,1,3,5-6H2,2,4H3;6-11H,1H2,2-5H3;5-8H,1,3H2,2,4H3. The second-order valence-corrected chi connectivity index (χ2v) is 18.4. The summed E-state index contributed by atoms with van der Waals surface area (Å²) in [4.78, 5) is 80.2. The van der Waals surface area contributed by atoms with Crippen molar-refractivity contribution in [3.8, 4) is 67.9 Å². The molecule has 0 spiro atoms. The molecule has 17 heteroatoms. The van der Waals surface area contributed by atoms with Gasteiger partial charge in [-0.1, -0.05) is 57.2 Å². The molecule has 80 heavy (non-hydrogen) atoms. The summed E-state index contributed by atoms with van der Waals surface area (Å²) in [5, 5.41) is 0. The van der Waals surface area contributed by atoms with Crippen LogP contribution in [-0.4, -0.2) is 41.6 Å². The molecule has 0 unspecified atom stereocenters. The molecule has 1 aliphatic rings. The van der Waals surface area contributed by atoms with Crippen LogP contribution in [0.2, 0.25) is 0 Å². The predicted molar refractivity (Wildman–Crippen MR) is 291 cm³/mol. The molecule has 0 radical (unpaired) electrons. The molecule has 0 atom stereocenters. The van der Waals surface area contributed by atoms with Crippen LogP contribution in [-0.2, 0) is 46.4 Å². The minimum atomic E-state index is -1.52. The lowest BCUT2D eigenvalue weighted by molar-refractivity contribution is -0.146. The van der Waals surface area contributed by atoms with Gasteiger partial charge in [-0.3, -0.25) is 4.79 Å². The predicted octanol–water partition coefficient (Wildman–Crippen LogP) is 13.2. The number of rotatable bonds is 14. The number of hydrogen-bond donors (Lipinski definition) is 0. The maximum Gasteiger partial charge on any atom is 0.379 e. The van der Waals surface area contributed by atoms with Crippen LogP contribution in [0.1, 0.15) is 63.8 Å². The van der Waals surface area contributed by atoms with E-state index in [4.69, 9.17) is 18.9 Å². The number of ketones is 1. The highest BCUT2D eigenvalue weighted by Crippen LogP contribution is 2.38. The third kappa shape index (κ3) is 15.7. The molecule has 6 aromatic rings. The number of fused-ring (bicyclic) bond motifs is 3. The van der Waals surface area contributed by atoms with Gasteiger partial charge in [-0.15, -0.1) is 0 Å². The Morgan fingerprint density at radius 2 is 0.700 bits per heavy atom. The first-order valence-electron chi connectivity index (χ1n) is 24.1. The average Bonchev–Trinajstić information content (AvgIpc) is 3.52. The van der Waals surface area contributed by atoms with E-state index in [2.05, 4.69) is 42.4 Å². The maximum atomic E-state index is 14.3. The van der Waals surface area contributed by atoms with Gasteiger partial charge in [-0.2, -0.15) is 4.39 Å². The van der Waals surface area contributed by atoms with Crippen molar-refractivity contribution in [2.24, 2.45) is 0 Å². The van der Waals surface area contributed by atoms with Gasteiger partial charge in [-0.25, -0.2) is 41.9 Å². The lowest BCUT2D eigenvalue weighted by atomic mass is 9.85. The fourth-order valence-corrected chi connectivity index (χ4v) is 7.25. The van der Waals surface area contributed by atoms with Gasteiger partial charge in [0.25, 0.3) is 0 Å². The first kappa shape index (κ1) is 61.1. The third-order valence-corrected chi connectivity index (χ3v) is 11.4. The quantitative estimate of drug-likeness (QED) is 0.0331. The molecule has 0 bridgehead atoms. The Morgan fingerprint density at radius 1 is 0.375 bits per heavy atom. The molecule has 0 N–H and O–H groups in total. The van der Waals surface area contributed by atoms with E-state index >= 15 is 0 Å². The van der Waals surface area contributed by atoms with Gasteiger partial charge < -0.3 is 28.4 Å². The van der Waals surface area contributed by atoms with E-state index in [0.29, 0.717) is 51.9 Å². The highest BCUT2D eigenvalue weighted by Gasteiger charge is 2.24. The molecule has 0 heterocycles. The minimum absolute atomic E-state index is 0.0343. The summed E-state index contributed by atoms with van der Waals surface area (Å²) >= 11 is 0. The normalized spacial score (nSPS) is 10.8. The number of Topliss-reactive ketones (excluding diaryl/α,β-unsaturated/α-hetero) is 1. The Bertz CT molecular complexity index is 3410. The number of carbonyl (C=O) groups is 7. The molecule has 0 saturated carbocycles. The van der Waals surface area contributed by atoms with E-state index in [1.807, 2.05) is 50.2 Å². The highest BCUT2D eigenvalue weighted by molar-refractivity contribution is 6.33. The maximum absolute atomic E-state index is 14.3. The van der Waals surface area contributed by atoms with Crippen molar-refractivity contribution in [2.75, 3.05) is 0 Å². The number of halogens is 4. The van der Waals surface area contributed by atoms with E-state index in [1.165, 1.54) is 13.8 Å². The van der Waals surface area contributed by atoms with E-state index in [-0.39, 0.29) is 16.7 Å². The summed E-state index contributed by atoms with van der Waals surface area (Å²) in [6.07, 6.45) is 1.64. The second kappa shape index (κ2) is 26.5. The van der Waals surface area contributed by atoms with Crippen LogP contribution in [0.5, 0.6) is 34.5 Å². The fourth-order valence-electron chi connectivity index (χ4n) is 7.25. The van der Waals surface area contributed by atoms with Crippen LogP contribution < -0.4 is 28.4 Å². The summed E-state index contributed by atoms with van der Waals surface area (Å²) < 4.78 is 86.9. The lowest BCUT2D eigenvalue weighted by Crippen LogP contribution is -2.16. The van der Waals surface area contributed by atoms with Crippen molar-refractivity contribution in [2.45, 2.75) is 68.2 Å². The summed E-state index contributed by atoms with van der Waals surface area (Å²) in [5.74, 6) is -10.4. The fraction of sp³-hybridized carbons (Fsp3) is 0.159. The van der Waals surface area contributed by atoms with Gasteiger partial charge in [0.2, 0.25) is 17.3 Å². The molecule has 412 valence electrons. The summed E-state index contributed by atoms with van der Waals surface area (Å²) in [7, 11) is 0. The van der Waals surface area contributed by atoms with Crippen molar-refractivity contribution in [3.63, 3.8) is 0 Å². The van der Waals surface area contributed by atoms with Gasteiger partial charge >= 0.3 is 35.8 Å². The molecule has 0 fully saturated rings. The second-order valence-electron chi connectivity index (χ2n) is 18.4. The number of benzene rings is 6. The monoisotopic (exact) mass is 1090 g/mol. The molecular weight excluding hydrogens is 1040 g/mol. The van der Waals surface area contributed by atoms with Gasteiger partial charge in [0, 0.05) is 40.4 Å². The topological polar surface area (TPSA) is 175 Å². The molecule has 1 aliphatic carbocycles. The molecule has 0 saturated heterocycles. The molecule has 7 rings (SSSR count). The van der Waals surface area contributed by atoms with Gasteiger partial charge in [-0.05, 0) is 184 Å². The molecule has 0 aromatic heterocycles. The van der Waals surface area contributed by atoms with Crippen molar-refractivity contribution in [1.29, 1.82) is 0 Å². The summed E-state index contributed by atoms with van der Waals surface area (Å²) in [6.45, 7) is 29.7. The van der Waals surface area contributed by atoms with E-state index in [1.54, 1.807) is 57.2 Å². The first-order valence-corrected chi connectivity index (χ1v) is 24.1. The molecular formula is C63H54F4O13. The van der Waals surface area contributed by atoms with E-state index in [0.717, 1.165) is 76.4 Å². The van der Waals surface area contributed by atoms with Crippen molar-refractivity contribution in [3.05, 3.63) is 203 Å². The Labute approximate surface area is 459 Å². The highest BCUT2D eigenvalue weighted by atomic mass is 19.2. The van der Waals surface area contributed by atoms with Crippen LogP contribution in [0.3, 0.4) is 0 Å². The molecule has 13 nitrogen and oxygen atoms in total. The number of carbonyl (C=O) groups excluding carboxylic acids is 7. The molecule has 0 aliphatic heterocycles. The zero-order chi connectivity index (χ0) is 59.4. The molecule has 0 amide bonds. The first-order chi connectivity index (χ1) is 37.6. The number of esters is 6. The smallest absolute Gasteiger partial charge is 0.379 e. The zero-order valence-electron chi connectivity index (χ0n) is 45.0. The average molecular weight is 1100 g/mol. The van der Waals surface area contributed by atoms with Gasteiger partial charge in [0.05, 0.1) is 0 Å². The summed E-state index contributed by atoms with van der Waals surface area (Å²) in [6, 6.07) is 25.0. The number of ether oxygens (including phenoxy) is 6. The SMILES string of the molecule is C=C(C)C(=O)Oc1ccc(-c2cc(F)c(OC(=O)C(=C)C)c(F)c2)c(F)c1F.C=C(C)C(=O)Oc1ccc(-c2ccc(OC(=O)C(C)=O)cc2C)c(C)c1.C=C(C)C(=O)Oc1ccc2c(c1)CCc1cc(OC(=O)C(=C)C)ccc1-2. The minimum Gasteiger partial charge on any atom is -0.423 e. The largest absolute Gasteiger partial charge is 0.423 e.